The highest BCUT2D eigenvalue weighted by atomic mass is 35.5. The van der Waals surface area contributed by atoms with E-state index in [4.69, 9.17) is 23.2 Å². The summed E-state index contributed by atoms with van der Waals surface area (Å²) in [6, 6.07) is 4.49. The number of halogens is 6. The Morgan fingerprint density at radius 1 is 1.10 bits per heavy atom. The van der Waals surface area contributed by atoms with Crippen LogP contribution in [-0.4, -0.2) is 28.8 Å². The van der Waals surface area contributed by atoms with Gasteiger partial charge in [0.05, 0.1) is 6.04 Å². The van der Waals surface area contributed by atoms with Crippen molar-refractivity contribution >= 4 is 35.0 Å². The Morgan fingerprint density at radius 2 is 1.72 bits per heavy atom. The summed E-state index contributed by atoms with van der Waals surface area (Å²) >= 11 is 11.9. The zero-order valence-electron chi connectivity index (χ0n) is 14.2. The smallest absolute Gasteiger partial charge is 0.363 e. The van der Waals surface area contributed by atoms with Crippen molar-refractivity contribution < 1.29 is 32.3 Å². The maximum absolute atomic E-state index is 13.8. The van der Waals surface area contributed by atoms with E-state index in [1.54, 1.807) is 0 Å². The molecule has 1 aliphatic heterocycles. The zero-order chi connectivity index (χ0) is 21.6. The van der Waals surface area contributed by atoms with Crippen molar-refractivity contribution in [1.82, 2.24) is 10.6 Å². The van der Waals surface area contributed by atoms with Crippen LogP contribution in [0.1, 0.15) is 22.0 Å². The predicted octanol–water partition coefficient (Wildman–Crippen LogP) is 4.24. The lowest BCUT2D eigenvalue weighted by Crippen LogP contribution is -2.72. The molecule has 1 saturated heterocycles. The van der Waals surface area contributed by atoms with Crippen molar-refractivity contribution in [3.8, 4) is 0 Å². The van der Waals surface area contributed by atoms with Gasteiger partial charge in [0.25, 0.3) is 0 Å². The molecule has 0 spiro atoms. The number of hydrogen-bond acceptors (Lipinski definition) is 3. The Hall–Kier alpha value is -2.36. The van der Waals surface area contributed by atoms with Gasteiger partial charge in [-0.25, -0.2) is 9.18 Å². The Morgan fingerprint density at radius 3 is 2.28 bits per heavy atom. The number of hydrogen-bond donors (Lipinski definition) is 3. The SMILES string of the molecule is O=C1N[C@@H](c2ccc(Cl)cc2Cl)[C@H](C(=O)c2ccc(F)cc2)[C@@](O)(C(F)(F)F)N1. The van der Waals surface area contributed by atoms with Crippen LogP contribution < -0.4 is 10.6 Å². The molecule has 3 rings (SSSR count). The summed E-state index contributed by atoms with van der Waals surface area (Å²) < 4.78 is 54.5. The monoisotopic (exact) mass is 450 g/mol. The average molecular weight is 451 g/mol. The Bertz CT molecular complexity index is 969. The summed E-state index contributed by atoms with van der Waals surface area (Å²) in [5.74, 6) is -4.17. The molecule has 1 fully saturated rings. The molecule has 0 aromatic heterocycles. The third-order valence-corrected chi connectivity index (χ3v) is 5.08. The minimum absolute atomic E-state index is 0.0611. The van der Waals surface area contributed by atoms with E-state index in [-0.39, 0.29) is 21.2 Å². The van der Waals surface area contributed by atoms with E-state index in [1.807, 2.05) is 0 Å². The fourth-order valence-electron chi connectivity index (χ4n) is 3.15. The molecule has 5 nitrogen and oxygen atoms in total. The topological polar surface area (TPSA) is 78.4 Å². The third-order valence-electron chi connectivity index (χ3n) is 4.52. The van der Waals surface area contributed by atoms with Gasteiger partial charge in [0, 0.05) is 15.6 Å². The highest BCUT2D eigenvalue weighted by molar-refractivity contribution is 6.35. The van der Waals surface area contributed by atoms with Crippen LogP contribution in [0.3, 0.4) is 0 Å². The van der Waals surface area contributed by atoms with Crippen LogP contribution in [0.2, 0.25) is 10.0 Å². The maximum Gasteiger partial charge on any atom is 0.437 e. The standard InChI is InChI=1S/C18H12Cl2F4N2O3/c19-9-3-6-11(12(20)7-9)14-13(15(27)8-1-4-10(21)5-2-8)17(29,18(22,23)24)26-16(28)25-14/h1-7,13-14,29H,(H2,25,26,28)/t13-,14+,17-/m1/s1. The molecule has 2 aromatic rings. The number of aliphatic hydroxyl groups is 1. The van der Waals surface area contributed by atoms with Gasteiger partial charge >= 0.3 is 12.2 Å². The summed E-state index contributed by atoms with van der Waals surface area (Å²) in [6.07, 6.45) is -5.41. The highest BCUT2D eigenvalue weighted by Crippen LogP contribution is 2.45. The van der Waals surface area contributed by atoms with Crippen LogP contribution >= 0.6 is 23.2 Å². The van der Waals surface area contributed by atoms with Gasteiger partial charge in [-0.3, -0.25) is 4.79 Å². The number of amides is 2. The molecule has 1 heterocycles. The lowest BCUT2D eigenvalue weighted by molar-refractivity contribution is -0.287. The Kier molecular flexibility index (Phi) is 5.50. The number of carbonyl (C=O) groups is 2. The quantitative estimate of drug-likeness (QED) is 0.483. The maximum atomic E-state index is 13.8. The van der Waals surface area contributed by atoms with Crippen molar-refractivity contribution in [2.24, 2.45) is 5.92 Å². The van der Waals surface area contributed by atoms with E-state index >= 15 is 0 Å². The second-order valence-electron chi connectivity index (χ2n) is 6.35. The number of alkyl halides is 3. The largest absolute Gasteiger partial charge is 0.437 e. The Labute approximate surface area is 171 Å². The fraction of sp³-hybridized carbons (Fsp3) is 0.222. The van der Waals surface area contributed by atoms with E-state index in [0.29, 0.717) is 0 Å². The molecule has 0 radical (unpaired) electrons. The second-order valence-corrected chi connectivity index (χ2v) is 7.20. The summed E-state index contributed by atoms with van der Waals surface area (Å²) in [6.45, 7) is 0. The number of carbonyl (C=O) groups excluding carboxylic acids is 2. The van der Waals surface area contributed by atoms with E-state index in [2.05, 4.69) is 5.32 Å². The molecule has 3 N–H and O–H groups in total. The summed E-state index contributed by atoms with van der Waals surface area (Å²) in [4.78, 5) is 24.9. The molecule has 0 unspecified atom stereocenters. The predicted molar refractivity (Wildman–Crippen MR) is 96.1 cm³/mol. The first-order valence-electron chi connectivity index (χ1n) is 8.06. The molecule has 3 atom stereocenters. The summed E-state index contributed by atoms with van der Waals surface area (Å²) in [7, 11) is 0. The van der Waals surface area contributed by atoms with Gasteiger partial charge < -0.3 is 15.7 Å². The van der Waals surface area contributed by atoms with Gasteiger partial charge in [0.2, 0.25) is 5.72 Å². The van der Waals surface area contributed by atoms with Crippen molar-refractivity contribution in [2.45, 2.75) is 17.9 Å². The molecule has 2 amide bonds. The second kappa shape index (κ2) is 7.47. The zero-order valence-corrected chi connectivity index (χ0v) is 15.7. The summed E-state index contributed by atoms with van der Waals surface area (Å²) in [5, 5.41) is 14.1. The molecule has 154 valence electrons. The molecule has 1 aliphatic rings. The average Bonchev–Trinajstić information content (AvgIpc) is 2.60. The van der Waals surface area contributed by atoms with Gasteiger partial charge in [-0.1, -0.05) is 29.3 Å². The van der Waals surface area contributed by atoms with Crippen LogP contribution in [0, 0.1) is 11.7 Å². The first-order chi connectivity index (χ1) is 13.4. The normalized spacial score (nSPS) is 24.6. The van der Waals surface area contributed by atoms with Gasteiger partial charge in [-0.15, -0.1) is 0 Å². The molecule has 0 bridgehead atoms. The van der Waals surface area contributed by atoms with Gasteiger partial charge in [-0.2, -0.15) is 13.2 Å². The fourth-order valence-corrected chi connectivity index (χ4v) is 3.67. The molecule has 0 aliphatic carbocycles. The van der Waals surface area contributed by atoms with E-state index in [9.17, 15) is 32.3 Å². The van der Waals surface area contributed by atoms with Crippen molar-refractivity contribution in [3.63, 3.8) is 0 Å². The minimum atomic E-state index is -5.41. The number of urea groups is 1. The van der Waals surface area contributed by atoms with Crippen LogP contribution in [-0.2, 0) is 0 Å². The third kappa shape index (κ3) is 3.90. The molecule has 0 saturated carbocycles. The minimum Gasteiger partial charge on any atom is -0.363 e. The van der Waals surface area contributed by atoms with E-state index in [0.717, 1.165) is 24.3 Å². The number of rotatable bonds is 3. The first-order valence-corrected chi connectivity index (χ1v) is 8.82. The van der Waals surface area contributed by atoms with Crippen molar-refractivity contribution in [2.75, 3.05) is 0 Å². The van der Waals surface area contributed by atoms with Gasteiger partial charge in [0.1, 0.15) is 11.7 Å². The lowest BCUT2D eigenvalue weighted by Gasteiger charge is -2.45. The molecular weight excluding hydrogens is 439 g/mol. The lowest BCUT2D eigenvalue weighted by atomic mass is 9.77. The first kappa shape index (κ1) is 21.4. The van der Waals surface area contributed by atoms with Gasteiger partial charge in [-0.05, 0) is 42.0 Å². The van der Waals surface area contributed by atoms with Crippen LogP contribution in [0.5, 0.6) is 0 Å². The summed E-state index contributed by atoms with van der Waals surface area (Å²) in [5.41, 5.74) is -4.27. The van der Waals surface area contributed by atoms with Gasteiger partial charge in [0.15, 0.2) is 5.78 Å². The Balaban J connectivity index is 2.19. The number of benzene rings is 2. The van der Waals surface area contributed by atoms with E-state index < -0.39 is 41.5 Å². The van der Waals surface area contributed by atoms with Crippen LogP contribution in [0.15, 0.2) is 42.5 Å². The highest BCUT2D eigenvalue weighted by Gasteiger charge is 2.66. The molecule has 29 heavy (non-hydrogen) atoms. The van der Waals surface area contributed by atoms with Crippen LogP contribution in [0.25, 0.3) is 0 Å². The molecule has 2 aromatic carbocycles. The number of nitrogens with one attached hydrogen (secondary N) is 2. The molecular formula is C18H12Cl2F4N2O3. The van der Waals surface area contributed by atoms with E-state index in [1.165, 1.54) is 23.5 Å². The number of Topliss-reactive ketones (excluding diaryl/α,β-unsaturated/α-hetero) is 1. The molecule has 11 heteroatoms. The van der Waals surface area contributed by atoms with Crippen molar-refractivity contribution in [1.29, 1.82) is 0 Å². The van der Waals surface area contributed by atoms with Crippen LogP contribution in [0.4, 0.5) is 22.4 Å². The van der Waals surface area contributed by atoms with Crippen molar-refractivity contribution in [3.05, 3.63) is 69.5 Å². The number of ketones is 1.